The van der Waals surface area contributed by atoms with Gasteiger partial charge in [-0.15, -0.1) is 0 Å². The van der Waals surface area contributed by atoms with Crippen LogP contribution in [0.2, 0.25) is 0 Å². The van der Waals surface area contributed by atoms with Gasteiger partial charge in [-0.3, -0.25) is 0 Å². The van der Waals surface area contributed by atoms with Crippen LogP contribution in [0.15, 0.2) is 54.6 Å². The molecule has 0 atom stereocenters. The average Bonchev–Trinajstić information content (AvgIpc) is 2.67. The Morgan fingerprint density at radius 2 is 1.65 bits per heavy atom. The van der Waals surface area contributed by atoms with Crippen molar-refractivity contribution < 1.29 is 17.9 Å². The second-order valence-corrected chi connectivity index (χ2v) is 6.19. The van der Waals surface area contributed by atoms with Crippen molar-refractivity contribution in [3.8, 4) is 11.3 Å². The lowest BCUT2D eigenvalue weighted by Gasteiger charge is -2.30. The summed E-state index contributed by atoms with van der Waals surface area (Å²) < 4.78 is 46.0. The molecule has 0 spiro atoms. The van der Waals surface area contributed by atoms with Crippen LogP contribution >= 0.6 is 0 Å². The highest BCUT2D eigenvalue weighted by atomic mass is 19.4. The fourth-order valence-corrected chi connectivity index (χ4v) is 3.28. The van der Waals surface area contributed by atoms with Crippen LogP contribution in [-0.4, -0.2) is 31.3 Å². The van der Waals surface area contributed by atoms with Crippen molar-refractivity contribution in [1.29, 1.82) is 0 Å². The van der Waals surface area contributed by atoms with Crippen molar-refractivity contribution in [3.63, 3.8) is 0 Å². The quantitative estimate of drug-likeness (QED) is 0.661. The molecule has 0 unspecified atom stereocenters. The summed E-state index contributed by atoms with van der Waals surface area (Å²) in [5.41, 5.74) is 1.38. The highest BCUT2D eigenvalue weighted by Crippen LogP contribution is 2.38. The van der Waals surface area contributed by atoms with Crippen molar-refractivity contribution in [2.75, 3.05) is 31.2 Å². The first-order chi connectivity index (χ1) is 12.5. The molecule has 134 valence electrons. The van der Waals surface area contributed by atoms with E-state index in [4.69, 9.17) is 4.74 Å². The lowest BCUT2D eigenvalue weighted by atomic mass is 10.0. The Bertz CT molecular complexity index is 919. The smallest absolute Gasteiger partial charge is 0.378 e. The zero-order chi connectivity index (χ0) is 18.1. The second kappa shape index (κ2) is 6.61. The molecule has 2 heterocycles. The van der Waals surface area contributed by atoms with Gasteiger partial charge in [-0.25, -0.2) is 4.98 Å². The lowest BCUT2D eigenvalue weighted by molar-refractivity contribution is -0.136. The Kier molecular flexibility index (Phi) is 4.28. The van der Waals surface area contributed by atoms with Gasteiger partial charge >= 0.3 is 6.18 Å². The number of aromatic nitrogens is 1. The minimum absolute atomic E-state index is 0.0113. The van der Waals surface area contributed by atoms with E-state index in [1.54, 1.807) is 6.07 Å². The number of nitrogens with zero attached hydrogens (tertiary/aromatic N) is 2. The predicted octanol–water partition coefficient (Wildman–Crippen LogP) is 4.76. The van der Waals surface area contributed by atoms with Crippen LogP contribution in [0.5, 0.6) is 0 Å². The minimum atomic E-state index is -4.45. The maximum Gasteiger partial charge on any atom is 0.418 e. The number of anilines is 1. The maximum absolute atomic E-state index is 13.6. The molecule has 0 radical (unpaired) electrons. The third-order valence-electron chi connectivity index (χ3n) is 4.54. The summed E-state index contributed by atoms with van der Waals surface area (Å²) in [6.07, 6.45) is -4.45. The van der Waals surface area contributed by atoms with Gasteiger partial charge in [0, 0.05) is 29.7 Å². The number of hydrogen-bond acceptors (Lipinski definition) is 3. The standard InChI is InChI=1S/C20H17F3N2O/c21-20(22,23)16-8-4-7-15-18(25-9-11-26-12-10-25)13-17(24-19(15)16)14-5-2-1-3-6-14/h1-8,13H,9-12H2. The lowest BCUT2D eigenvalue weighted by Crippen LogP contribution is -2.36. The van der Waals surface area contributed by atoms with E-state index in [0.29, 0.717) is 37.4 Å². The molecule has 3 aromatic rings. The first kappa shape index (κ1) is 16.8. The Balaban J connectivity index is 1.98. The Hall–Kier alpha value is -2.60. The van der Waals surface area contributed by atoms with Crippen LogP contribution in [0.4, 0.5) is 18.9 Å². The fraction of sp³-hybridized carbons (Fsp3) is 0.250. The minimum Gasteiger partial charge on any atom is -0.378 e. The molecule has 2 aromatic carbocycles. The van der Waals surface area contributed by atoms with Crippen LogP contribution in [0.1, 0.15) is 5.56 Å². The molecule has 3 nitrogen and oxygen atoms in total. The second-order valence-electron chi connectivity index (χ2n) is 6.19. The molecule has 26 heavy (non-hydrogen) atoms. The average molecular weight is 358 g/mol. The summed E-state index contributed by atoms with van der Waals surface area (Å²) >= 11 is 0. The molecule has 0 saturated carbocycles. The van der Waals surface area contributed by atoms with Gasteiger partial charge in [0.15, 0.2) is 0 Å². The van der Waals surface area contributed by atoms with Crippen LogP contribution in [0.3, 0.4) is 0 Å². The van der Waals surface area contributed by atoms with Crippen LogP contribution in [0, 0.1) is 0 Å². The largest absolute Gasteiger partial charge is 0.418 e. The molecule has 0 aliphatic carbocycles. The van der Waals surface area contributed by atoms with Gasteiger partial charge < -0.3 is 9.64 Å². The van der Waals surface area contributed by atoms with Gasteiger partial charge in [0.2, 0.25) is 0 Å². The molecular weight excluding hydrogens is 341 g/mol. The zero-order valence-corrected chi connectivity index (χ0v) is 14.0. The van der Waals surface area contributed by atoms with E-state index in [2.05, 4.69) is 9.88 Å². The van der Waals surface area contributed by atoms with E-state index >= 15 is 0 Å². The summed E-state index contributed by atoms with van der Waals surface area (Å²) in [6, 6.07) is 15.4. The Labute approximate surface area is 149 Å². The van der Waals surface area contributed by atoms with Crippen molar-refractivity contribution in [3.05, 3.63) is 60.2 Å². The van der Waals surface area contributed by atoms with Crippen molar-refractivity contribution >= 4 is 16.6 Å². The number of alkyl halides is 3. The predicted molar refractivity (Wildman–Crippen MR) is 95.2 cm³/mol. The molecule has 1 aliphatic rings. The van der Waals surface area contributed by atoms with Crippen molar-refractivity contribution in [1.82, 2.24) is 4.98 Å². The molecule has 4 rings (SSSR count). The van der Waals surface area contributed by atoms with Gasteiger partial charge in [-0.1, -0.05) is 42.5 Å². The van der Waals surface area contributed by atoms with Gasteiger partial charge in [0.1, 0.15) is 0 Å². The molecule has 1 fully saturated rings. The fourth-order valence-electron chi connectivity index (χ4n) is 3.28. The number of hydrogen-bond donors (Lipinski definition) is 0. The molecule has 1 aliphatic heterocycles. The molecule has 0 bridgehead atoms. The number of benzene rings is 2. The van der Waals surface area contributed by atoms with E-state index in [1.165, 1.54) is 6.07 Å². The van der Waals surface area contributed by atoms with E-state index < -0.39 is 11.7 Å². The summed E-state index contributed by atoms with van der Waals surface area (Å²) in [5.74, 6) is 0. The normalized spacial score (nSPS) is 15.4. The van der Waals surface area contributed by atoms with Gasteiger partial charge in [0.05, 0.1) is 30.0 Å². The molecule has 1 saturated heterocycles. The van der Waals surface area contributed by atoms with Gasteiger partial charge in [-0.05, 0) is 12.1 Å². The number of pyridine rings is 1. The Morgan fingerprint density at radius 3 is 2.35 bits per heavy atom. The third kappa shape index (κ3) is 3.12. The third-order valence-corrected chi connectivity index (χ3v) is 4.54. The van der Waals surface area contributed by atoms with Crippen molar-refractivity contribution in [2.45, 2.75) is 6.18 Å². The summed E-state index contributed by atoms with van der Waals surface area (Å²) in [5, 5.41) is 0.515. The number of fused-ring (bicyclic) bond motifs is 1. The van der Waals surface area contributed by atoms with E-state index in [0.717, 1.165) is 17.3 Å². The monoisotopic (exact) mass is 358 g/mol. The van der Waals surface area contributed by atoms with Gasteiger partial charge in [-0.2, -0.15) is 13.2 Å². The van der Waals surface area contributed by atoms with Crippen LogP contribution in [-0.2, 0) is 10.9 Å². The van der Waals surface area contributed by atoms with E-state index in [1.807, 2.05) is 36.4 Å². The highest BCUT2D eigenvalue weighted by Gasteiger charge is 2.34. The summed E-state index contributed by atoms with van der Waals surface area (Å²) in [4.78, 5) is 6.46. The highest BCUT2D eigenvalue weighted by molar-refractivity contribution is 5.96. The van der Waals surface area contributed by atoms with Crippen LogP contribution < -0.4 is 4.90 Å². The molecule has 6 heteroatoms. The SMILES string of the molecule is FC(F)(F)c1cccc2c(N3CCOCC3)cc(-c3ccccc3)nc12. The number of halogens is 3. The zero-order valence-electron chi connectivity index (χ0n) is 14.0. The molecule has 1 aromatic heterocycles. The van der Waals surface area contributed by atoms with Crippen LogP contribution in [0.25, 0.3) is 22.2 Å². The summed E-state index contributed by atoms with van der Waals surface area (Å²) in [6.45, 7) is 2.40. The first-order valence-electron chi connectivity index (χ1n) is 8.43. The summed E-state index contributed by atoms with van der Waals surface area (Å²) in [7, 11) is 0. The topological polar surface area (TPSA) is 25.4 Å². The molecule has 0 N–H and O–H groups in total. The number of rotatable bonds is 2. The first-order valence-corrected chi connectivity index (χ1v) is 8.43. The number of morpholine rings is 1. The maximum atomic E-state index is 13.6. The molecule has 0 amide bonds. The number of para-hydroxylation sites is 1. The van der Waals surface area contributed by atoms with Gasteiger partial charge in [0.25, 0.3) is 0 Å². The van der Waals surface area contributed by atoms with E-state index in [9.17, 15) is 13.2 Å². The Morgan fingerprint density at radius 1 is 0.923 bits per heavy atom. The van der Waals surface area contributed by atoms with E-state index in [-0.39, 0.29) is 5.52 Å². The number of ether oxygens (including phenoxy) is 1. The molecular formula is C20H17F3N2O. The van der Waals surface area contributed by atoms with Crippen molar-refractivity contribution in [2.24, 2.45) is 0 Å².